The zero-order chi connectivity index (χ0) is 13.6. The normalized spacial score (nSPS) is 21.9. The molecule has 0 amide bonds. The van der Waals surface area contributed by atoms with Crippen molar-refractivity contribution < 1.29 is 22.8 Å². The summed E-state index contributed by atoms with van der Waals surface area (Å²) in [5.74, 6) is -0.194. The Morgan fingerprint density at radius 3 is 2.33 bits per heavy atom. The molecule has 0 bridgehead atoms. The molecule has 0 saturated carbocycles. The molecule has 1 unspecified atom stereocenters. The number of rotatable bonds is 6. The highest BCUT2D eigenvalue weighted by molar-refractivity contribution is 6.60. The zero-order valence-corrected chi connectivity index (χ0v) is 12.6. The minimum absolute atomic E-state index is 0.0546. The van der Waals surface area contributed by atoms with Gasteiger partial charge in [-0.2, -0.15) is 0 Å². The highest BCUT2D eigenvalue weighted by Crippen LogP contribution is 2.20. The molecular weight excluding hydrogens is 254 g/mol. The quantitative estimate of drug-likeness (QED) is 0.514. The Bertz CT molecular complexity index is 264. The first kappa shape index (κ1) is 15.6. The van der Waals surface area contributed by atoms with Gasteiger partial charge in [-0.1, -0.05) is 0 Å². The number of nitrogens with zero attached hydrogens (tertiary/aromatic N) is 1. The van der Waals surface area contributed by atoms with Crippen molar-refractivity contribution in [2.75, 3.05) is 47.7 Å². The summed E-state index contributed by atoms with van der Waals surface area (Å²) in [7, 11) is 3.62. The van der Waals surface area contributed by atoms with Crippen LogP contribution in [0.3, 0.4) is 0 Å². The van der Waals surface area contributed by atoms with Crippen LogP contribution in [0.1, 0.15) is 12.8 Å². The second kappa shape index (κ2) is 7.20. The van der Waals surface area contributed by atoms with Gasteiger partial charge < -0.3 is 18.0 Å². The Hall–Kier alpha value is -0.473. The summed E-state index contributed by atoms with van der Waals surface area (Å²) in [5.41, 5.74) is 0. The van der Waals surface area contributed by atoms with E-state index in [2.05, 4.69) is 4.90 Å². The van der Waals surface area contributed by atoms with E-state index in [-0.39, 0.29) is 11.9 Å². The number of ether oxygens (including phenoxy) is 1. The van der Waals surface area contributed by atoms with Gasteiger partial charge in [0.1, 0.15) is 0 Å². The van der Waals surface area contributed by atoms with Gasteiger partial charge in [0.2, 0.25) is 0 Å². The van der Waals surface area contributed by atoms with Crippen molar-refractivity contribution in [1.29, 1.82) is 0 Å². The van der Waals surface area contributed by atoms with Crippen LogP contribution >= 0.6 is 0 Å². The van der Waals surface area contributed by atoms with Crippen molar-refractivity contribution in [2.24, 2.45) is 5.92 Å². The predicted molar refractivity (Wildman–Crippen MR) is 68.0 cm³/mol. The molecule has 1 aliphatic heterocycles. The number of esters is 1. The van der Waals surface area contributed by atoms with Gasteiger partial charge in [-0.05, 0) is 19.4 Å². The molecule has 18 heavy (non-hydrogen) atoms. The number of likely N-dealkylation sites (tertiary alicyclic amines) is 1. The lowest BCUT2D eigenvalue weighted by Crippen LogP contribution is -2.55. The molecule has 7 heteroatoms. The van der Waals surface area contributed by atoms with E-state index in [1.54, 1.807) is 21.3 Å². The largest absolute Gasteiger partial charge is 0.514 e. The number of carbonyl (C=O) groups excluding carboxylic acids is 1. The maximum Gasteiger partial charge on any atom is 0.514 e. The van der Waals surface area contributed by atoms with E-state index in [1.807, 2.05) is 0 Å². The standard InChI is InChI=1S/C11H23NO5Si/c1-14-11(13)10-6-5-7-12(8-10)9-18(15-2,16-3)17-4/h10H,5-9H2,1-4H3. The van der Waals surface area contributed by atoms with Crippen molar-refractivity contribution in [1.82, 2.24) is 4.90 Å². The van der Waals surface area contributed by atoms with Crippen LogP contribution < -0.4 is 0 Å². The third kappa shape index (κ3) is 3.76. The fourth-order valence-corrected chi connectivity index (χ4v) is 4.00. The molecule has 106 valence electrons. The number of carbonyl (C=O) groups is 1. The molecule has 0 aliphatic carbocycles. The monoisotopic (exact) mass is 277 g/mol. The average molecular weight is 277 g/mol. The number of methoxy groups -OCH3 is 1. The molecule has 1 rings (SSSR count). The summed E-state index contributed by atoms with van der Waals surface area (Å²) >= 11 is 0. The third-order valence-corrected chi connectivity index (χ3v) is 6.09. The predicted octanol–water partition coefficient (Wildman–Crippen LogP) is 0.289. The highest BCUT2D eigenvalue weighted by atomic mass is 28.4. The van der Waals surface area contributed by atoms with Crippen molar-refractivity contribution in [3.8, 4) is 0 Å². The SMILES string of the molecule is COC(=O)C1CCCN(C[Si](OC)(OC)OC)C1. The van der Waals surface area contributed by atoms with Gasteiger partial charge in [-0.3, -0.25) is 9.69 Å². The summed E-state index contributed by atoms with van der Waals surface area (Å²) in [5, 5.41) is 0. The smallest absolute Gasteiger partial charge is 0.469 e. The molecule has 1 fully saturated rings. The Morgan fingerprint density at radius 2 is 1.83 bits per heavy atom. The minimum atomic E-state index is -2.61. The Labute approximate surface area is 110 Å². The average Bonchev–Trinajstić information content (AvgIpc) is 2.44. The second-order valence-electron chi connectivity index (χ2n) is 4.39. The molecular formula is C11H23NO5Si. The summed E-state index contributed by atoms with van der Waals surface area (Å²) in [6, 6.07) is 0. The van der Waals surface area contributed by atoms with Crippen molar-refractivity contribution in [2.45, 2.75) is 12.8 Å². The first-order valence-electron chi connectivity index (χ1n) is 6.06. The van der Waals surface area contributed by atoms with Gasteiger partial charge in [-0.15, -0.1) is 0 Å². The van der Waals surface area contributed by atoms with Gasteiger partial charge in [0.25, 0.3) is 0 Å². The summed E-state index contributed by atoms with van der Waals surface area (Å²) in [6.45, 7) is 1.61. The first-order chi connectivity index (χ1) is 8.60. The Kier molecular flexibility index (Phi) is 6.23. The van der Waals surface area contributed by atoms with E-state index >= 15 is 0 Å². The van der Waals surface area contributed by atoms with E-state index < -0.39 is 8.80 Å². The van der Waals surface area contributed by atoms with Crippen LogP contribution in [0.15, 0.2) is 0 Å². The topological polar surface area (TPSA) is 57.2 Å². The summed E-state index contributed by atoms with van der Waals surface area (Å²) < 4.78 is 21.0. The lowest BCUT2D eigenvalue weighted by atomic mass is 9.99. The third-order valence-electron chi connectivity index (χ3n) is 3.39. The molecule has 1 heterocycles. The second-order valence-corrected chi connectivity index (χ2v) is 7.30. The lowest BCUT2D eigenvalue weighted by Gasteiger charge is -2.35. The number of piperidine rings is 1. The van der Waals surface area contributed by atoms with Crippen molar-refractivity contribution in [3.05, 3.63) is 0 Å². The fourth-order valence-electron chi connectivity index (χ4n) is 2.28. The molecule has 0 aromatic heterocycles. The minimum Gasteiger partial charge on any atom is -0.469 e. The van der Waals surface area contributed by atoms with Gasteiger partial charge in [0.15, 0.2) is 0 Å². The maximum atomic E-state index is 11.6. The molecule has 0 spiro atoms. The van der Waals surface area contributed by atoms with E-state index in [0.717, 1.165) is 19.4 Å². The van der Waals surface area contributed by atoms with Crippen LogP contribution in [0, 0.1) is 5.92 Å². The summed E-state index contributed by atoms with van der Waals surface area (Å²) in [4.78, 5) is 13.7. The lowest BCUT2D eigenvalue weighted by molar-refractivity contribution is -0.147. The molecule has 6 nitrogen and oxygen atoms in total. The van der Waals surface area contributed by atoms with Crippen LogP contribution in [0.4, 0.5) is 0 Å². The van der Waals surface area contributed by atoms with Crippen LogP contribution in [0.2, 0.25) is 0 Å². The van der Waals surface area contributed by atoms with Crippen LogP contribution in [0.25, 0.3) is 0 Å². The molecule has 0 N–H and O–H groups in total. The molecule has 1 aliphatic rings. The van der Waals surface area contributed by atoms with Gasteiger partial charge in [-0.25, -0.2) is 0 Å². The zero-order valence-electron chi connectivity index (χ0n) is 11.6. The van der Waals surface area contributed by atoms with Gasteiger partial charge >= 0.3 is 14.8 Å². The van der Waals surface area contributed by atoms with Crippen LogP contribution in [0.5, 0.6) is 0 Å². The maximum absolute atomic E-state index is 11.6. The van der Waals surface area contributed by atoms with Gasteiger partial charge in [0, 0.05) is 27.9 Å². The molecule has 0 aromatic rings. The number of hydrogen-bond acceptors (Lipinski definition) is 6. The molecule has 0 aromatic carbocycles. The Morgan fingerprint density at radius 1 is 1.22 bits per heavy atom. The highest BCUT2D eigenvalue weighted by Gasteiger charge is 2.41. The molecule has 1 atom stereocenters. The van der Waals surface area contributed by atoms with Gasteiger partial charge in [0.05, 0.1) is 19.2 Å². The first-order valence-corrected chi connectivity index (χ1v) is 7.99. The summed E-state index contributed by atoms with van der Waals surface area (Å²) in [6.07, 6.45) is 2.45. The van der Waals surface area contributed by atoms with E-state index in [1.165, 1.54) is 7.11 Å². The fraction of sp³-hybridized carbons (Fsp3) is 0.909. The van der Waals surface area contributed by atoms with E-state index in [9.17, 15) is 4.79 Å². The number of hydrogen-bond donors (Lipinski definition) is 0. The molecule has 1 saturated heterocycles. The van der Waals surface area contributed by atoms with E-state index in [4.69, 9.17) is 18.0 Å². The van der Waals surface area contributed by atoms with Crippen molar-refractivity contribution >= 4 is 14.8 Å². The molecule has 0 radical (unpaired) electrons. The van der Waals surface area contributed by atoms with E-state index in [0.29, 0.717) is 12.7 Å². The van der Waals surface area contributed by atoms with Crippen LogP contribution in [-0.4, -0.2) is 67.4 Å². The van der Waals surface area contributed by atoms with Crippen LogP contribution in [-0.2, 0) is 22.8 Å². The van der Waals surface area contributed by atoms with Crippen molar-refractivity contribution in [3.63, 3.8) is 0 Å². The Balaban J connectivity index is 2.58.